The Morgan fingerprint density at radius 3 is 2.88 bits per heavy atom. The molecule has 1 aromatic heterocycles. The zero-order valence-corrected chi connectivity index (χ0v) is 11.0. The van der Waals surface area contributed by atoms with E-state index in [9.17, 15) is 0 Å². The molecule has 0 saturated carbocycles. The number of hydrogen-bond donors (Lipinski definition) is 1. The average Bonchev–Trinajstić information content (AvgIpc) is 2.34. The topological polar surface area (TPSA) is 41.0 Å². The van der Waals surface area contributed by atoms with Gasteiger partial charge in [0.15, 0.2) is 0 Å². The van der Waals surface area contributed by atoms with Crippen molar-refractivity contribution in [3.63, 3.8) is 0 Å². The molecule has 1 fully saturated rings. The molecule has 4 nitrogen and oxygen atoms in total. The van der Waals surface area contributed by atoms with Crippen molar-refractivity contribution in [1.82, 2.24) is 15.3 Å². The van der Waals surface area contributed by atoms with Gasteiger partial charge in [0.05, 0.1) is 17.6 Å². The van der Waals surface area contributed by atoms with Crippen LogP contribution in [0.4, 0.5) is 5.82 Å². The number of nitrogens with one attached hydrogen (secondary N) is 1. The molecule has 0 spiro atoms. The van der Waals surface area contributed by atoms with Gasteiger partial charge in [-0.2, -0.15) is 0 Å². The Morgan fingerprint density at radius 1 is 1.35 bits per heavy atom. The third kappa shape index (κ3) is 2.75. The lowest BCUT2D eigenvalue weighted by Crippen LogP contribution is -2.45. The van der Waals surface area contributed by atoms with Crippen molar-refractivity contribution >= 4 is 5.82 Å². The monoisotopic (exact) mass is 234 g/mol. The molecule has 0 radical (unpaired) electrons. The highest BCUT2D eigenvalue weighted by Crippen LogP contribution is 2.22. The predicted octanol–water partition coefficient (Wildman–Crippen LogP) is 1.67. The first kappa shape index (κ1) is 12.3. The van der Waals surface area contributed by atoms with E-state index in [1.54, 1.807) is 0 Å². The molecule has 1 N–H and O–H groups in total. The molecule has 0 bridgehead atoms. The van der Waals surface area contributed by atoms with E-state index >= 15 is 0 Å². The van der Waals surface area contributed by atoms with Crippen molar-refractivity contribution < 1.29 is 0 Å². The van der Waals surface area contributed by atoms with Crippen LogP contribution in [0.3, 0.4) is 0 Å². The maximum atomic E-state index is 4.66. The van der Waals surface area contributed by atoms with Gasteiger partial charge in [-0.15, -0.1) is 0 Å². The van der Waals surface area contributed by atoms with Crippen molar-refractivity contribution in [3.05, 3.63) is 17.6 Å². The van der Waals surface area contributed by atoms with Gasteiger partial charge >= 0.3 is 0 Å². The van der Waals surface area contributed by atoms with Gasteiger partial charge in [-0.05, 0) is 40.2 Å². The van der Waals surface area contributed by atoms with E-state index in [1.165, 1.54) is 19.3 Å². The highest BCUT2D eigenvalue weighted by atomic mass is 15.2. The van der Waals surface area contributed by atoms with Crippen molar-refractivity contribution in [2.24, 2.45) is 0 Å². The second-order valence-electron chi connectivity index (χ2n) is 4.80. The first-order valence-corrected chi connectivity index (χ1v) is 6.44. The molecule has 0 aliphatic carbocycles. The van der Waals surface area contributed by atoms with Crippen LogP contribution in [0.1, 0.15) is 30.7 Å². The van der Waals surface area contributed by atoms with Gasteiger partial charge in [-0.3, -0.25) is 4.98 Å². The molecule has 1 unspecified atom stereocenters. The van der Waals surface area contributed by atoms with Crippen LogP contribution in [0.2, 0.25) is 0 Å². The molecule has 1 aliphatic rings. The van der Waals surface area contributed by atoms with Crippen molar-refractivity contribution in [1.29, 1.82) is 0 Å². The Labute approximate surface area is 103 Å². The summed E-state index contributed by atoms with van der Waals surface area (Å²) in [6.07, 6.45) is 5.74. The summed E-state index contributed by atoms with van der Waals surface area (Å²) in [5.74, 6) is 1.04. The zero-order chi connectivity index (χ0) is 12.3. The van der Waals surface area contributed by atoms with Crippen LogP contribution < -0.4 is 10.2 Å². The second kappa shape index (κ2) is 5.45. The first-order valence-electron chi connectivity index (χ1n) is 6.44. The number of nitrogens with zero attached hydrogens (tertiary/aromatic N) is 3. The molecular formula is C13H22N4. The van der Waals surface area contributed by atoms with Crippen LogP contribution in [0.25, 0.3) is 0 Å². The maximum Gasteiger partial charge on any atom is 0.147 e. The molecular weight excluding hydrogens is 212 g/mol. The van der Waals surface area contributed by atoms with Crippen LogP contribution in [-0.4, -0.2) is 36.1 Å². The number of anilines is 1. The second-order valence-corrected chi connectivity index (χ2v) is 4.80. The molecule has 0 amide bonds. The molecule has 1 atom stereocenters. The summed E-state index contributed by atoms with van der Waals surface area (Å²) >= 11 is 0. The van der Waals surface area contributed by atoms with Crippen molar-refractivity contribution in [2.45, 2.75) is 39.2 Å². The molecule has 1 aliphatic heterocycles. The van der Waals surface area contributed by atoms with E-state index in [0.717, 1.165) is 30.3 Å². The quantitative estimate of drug-likeness (QED) is 0.864. The summed E-state index contributed by atoms with van der Waals surface area (Å²) in [6, 6.07) is 0.560. The first-order chi connectivity index (χ1) is 8.22. The largest absolute Gasteiger partial charge is 0.351 e. The molecule has 2 rings (SSSR count). The minimum absolute atomic E-state index is 0.560. The van der Waals surface area contributed by atoms with Gasteiger partial charge in [0, 0.05) is 19.1 Å². The summed E-state index contributed by atoms with van der Waals surface area (Å²) in [4.78, 5) is 11.5. The standard InChI is InChI=1S/C13H22N4/c1-10-11(2)16-13(9-15-10)17-7-5-4-6-12(17)8-14-3/h9,12,14H,4-8H2,1-3H3. The van der Waals surface area contributed by atoms with Crippen LogP contribution in [0.5, 0.6) is 0 Å². The summed E-state index contributed by atoms with van der Waals surface area (Å²) in [5.41, 5.74) is 2.06. The van der Waals surface area contributed by atoms with Gasteiger partial charge in [0.2, 0.25) is 0 Å². The Balaban J connectivity index is 2.20. The lowest BCUT2D eigenvalue weighted by atomic mass is 10.0. The van der Waals surface area contributed by atoms with Gasteiger partial charge in [0.25, 0.3) is 0 Å². The number of aryl methyl sites for hydroxylation is 2. The maximum absolute atomic E-state index is 4.66. The minimum Gasteiger partial charge on any atom is -0.351 e. The molecule has 1 aromatic rings. The summed E-state index contributed by atoms with van der Waals surface area (Å²) in [7, 11) is 2.01. The molecule has 0 aromatic carbocycles. The van der Waals surface area contributed by atoms with Gasteiger partial charge in [0.1, 0.15) is 5.82 Å². The molecule has 4 heteroatoms. The number of likely N-dealkylation sites (N-methyl/N-ethyl adjacent to an activating group) is 1. The molecule has 2 heterocycles. The van der Waals surface area contributed by atoms with Crippen molar-refractivity contribution in [2.75, 3.05) is 25.0 Å². The smallest absolute Gasteiger partial charge is 0.147 e. The lowest BCUT2D eigenvalue weighted by Gasteiger charge is -2.36. The zero-order valence-electron chi connectivity index (χ0n) is 11.0. The number of hydrogen-bond acceptors (Lipinski definition) is 4. The van der Waals surface area contributed by atoms with E-state index < -0.39 is 0 Å². The molecule has 1 saturated heterocycles. The summed E-state index contributed by atoms with van der Waals surface area (Å²) < 4.78 is 0. The number of aromatic nitrogens is 2. The third-order valence-corrected chi connectivity index (χ3v) is 3.54. The van der Waals surface area contributed by atoms with E-state index in [-0.39, 0.29) is 0 Å². The van der Waals surface area contributed by atoms with Crippen LogP contribution in [0, 0.1) is 13.8 Å². The SMILES string of the molecule is CNCC1CCCCN1c1cnc(C)c(C)n1. The van der Waals surface area contributed by atoms with E-state index in [2.05, 4.69) is 20.2 Å². The third-order valence-electron chi connectivity index (χ3n) is 3.54. The number of piperidine rings is 1. The Kier molecular flexibility index (Phi) is 3.94. The molecule has 17 heavy (non-hydrogen) atoms. The summed E-state index contributed by atoms with van der Waals surface area (Å²) in [5, 5.41) is 3.27. The Hall–Kier alpha value is -1.16. The number of rotatable bonds is 3. The Bertz CT molecular complexity index is 376. The normalized spacial score (nSPS) is 20.6. The van der Waals surface area contributed by atoms with Crippen LogP contribution >= 0.6 is 0 Å². The summed E-state index contributed by atoms with van der Waals surface area (Å²) in [6.45, 7) is 6.16. The van der Waals surface area contributed by atoms with Crippen molar-refractivity contribution in [3.8, 4) is 0 Å². The highest BCUT2D eigenvalue weighted by molar-refractivity contribution is 5.39. The van der Waals surface area contributed by atoms with Crippen LogP contribution in [0.15, 0.2) is 6.20 Å². The van der Waals surface area contributed by atoms with E-state index in [1.807, 2.05) is 27.1 Å². The van der Waals surface area contributed by atoms with E-state index in [0.29, 0.717) is 6.04 Å². The molecule has 94 valence electrons. The fourth-order valence-corrected chi connectivity index (χ4v) is 2.42. The average molecular weight is 234 g/mol. The fraction of sp³-hybridized carbons (Fsp3) is 0.692. The van der Waals surface area contributed by atoms with Gasteiger partial charge < -0.3 is 10.2 Å². The van der Waals surface area contributed by atoms with E-state index in [4.69, 9.17) is 0 Å². The van der Waals surface area contributed by atoms with Gasteiger partial charge in [-0.25, -0.2) is 4.98 Å². The lowest BCUT2D eigenvalue weighted by molar-refractivity contribution is 0.443. The fourth-order valence-electron chi connectivity index (χ4n) is 2.42. The minimum atomic E-state index is 0.560. The Morgan fingerprint density at radius 2 is 2.18 bits per heavy atom. The van der Waals surface area contributed by atoms with Gasteiger partial charge in [-0.1, -0.05) is 0 Å². The highest BCUT2D eigenvalue weighted by Gasteiger charge is 2.23. The predicted molar refractivity (Wildman–Crippen MR) is 70.4 cm³/mol. The van der Waals surface area contributed by atoms with Crippen LogP contribution in [-0.2, 0) is 0 Å².